The van der Waals surface area contributed by atoms with E-state index < -0.39 is 6.04 Å². The van der Waals surface area contributed by atoms with Crippen LogP contribution >= 0.6 is 0 Å². The van der Waals surface area contributed by atoms with Gasteiger partial charge in [0.15, 0.2) is 5.82 Å². The molecule has 0 amide bonds. The summed E-state index contributed by atoms with van der Waals surface area (Å²) in [6.45, 7) is 1.59. The van der Waals surface area contributed by atoms with E-state index in [0.717, 1.165) is 16.5 Å². The smallest absolute Gasteiger partial charge is 0.156 e. The van der Waals surface area contributed by atoms with Gasteiger partial charge in [-0.3, -0.25) is 0 Å². The van der Waals surface area contributed by atoms with Crippen molar-refractivity contribution in [2.75, 3.05) is 18.5 Å². The molecule has 1 heterocycles. The molecular weight excluding hydrogens is 218 g/mol. The number of benzene rings is 1. The molecule has 0 spiro atoms. The maximum atomic E-state index is 9.04. The highest BCUT2D eigenvalue weighted by Crippen LogP contribution is 2.22. The zero-order valence-electron chi connectivity index (χ0n) is 9.59. The minimum absolute atomic E-state index is 0.152. The normalized spacial score (nSPS) is 11.1. The van der Waals surface area contributed by atoms with Gasteiger partial charge in [-0.1, -0.05) is 24.3 Å². The van der Waals surface area contributed by atoms with Crippen LogP contribution in [0.25, 0.3) is 10.8 Å². The molecule has 0 radical (unpaired) electrons. The number of nitrogens with one attached hydrogen (secondary N) is 1. The summed E-state index contributed by atoms with van der Waals surface area (Å²) < 4.78 is 0. The van der Waals surface area contributed by atoms with Gasteiger partial charge in [0.25, 0.3) is 0 Å². The molecule has 0 aliphatic heterocycles. The molecule has 0 aliphatic carbocycles. The topological polar surface area (TPSA) is 78.3 Å². The van der Waals surface area contributed by atoms with Gasteiger partial charge in [0.05, 0.1) is 24.9 Å². The zero-order chi connectivity index (χ0) is 12.3. The quantitative estimate of drug-likeness (QED) is 0.724. The Hall–Kier alpha value is -1.72. The predicted octanol–water partition coefficient (Wildman–Crippen LogP) is 0.703. The lowest BCUT2D eigenvalue weighted by Crippen LogP contribution is -2.28. The minimum atomic E-state index is -0.421. The fraction of sp³-hybridized carbons (Fsp3) is 0.333. The average Bonchev–Trinajstić information content (AvgIpc) is 2.38. The van der Waals surface area contributed by atoms with Gasteiger partial charge in [-0.2, -0.15) is 5.10 Å². The maximum absolute atomic E-state index is 9.04. The molecule has 1 aromatic heterocycles. The van der Waals surface area contributed by atoms with Crippen LogP contribution in [0, 0.1) is 6.92 Å². The molecule has 5 nitrogen and oxygen atoms in total. The third kappa shape index (κ3) is 2.35. The lowest BCUT2D eigenvalue weighted by Gasteiger charge is -2.15. The maximum Gasteiger partial charge on any atom is 0.156 e. The fourth-order valence-electron chi connectivity index (χ4n) is 1.69. The lowest BCUT2D eigenvalue weighted by atomic mass is 10.1. The molecule has 17 heavy (non-hydrogen) atoms. The second-order valence-corrected chi connectivity index (χ2v) is 3.89. The summed E-state index contributed by atoms with van der Waals surface area (Å²) in [5, 5.41) is 31.1. The van der Waals surface area contributed by atoms with E-state index in [1.807, 2.05) is 31.2 Å². The van der Waals surface area contributed by atoms with Crippen LogP contribution in [0.1, 0.15) is 5.69 Å². The summed E-state index contributed by atoms with van der Waals surface area (Å²) in [6, 6.07) is 7.34. The third-order valence-corrected chi connectivity index (χ3v) is 2.65. The van der Waals surface area contributed by atoms with Gasteiger partial charge in [-0.25, -0.2) is 0 Å². The van der Waals surface area contributed by atoms with E-state index in [-0.39, 0.29) is 13.2 Å². The first-order valence-electron chi connectivity index (χ1n) is 5.46. The van der Waals surface area contributed by atoms with E-state index in [2.05, 4.69) is 15.5 Å². The Morgan fingerprint density at radius 3 is 2.41 bits per heavy atom. The Morgan fingerprint density at radius 2 is 1.76 bits per heavy atom. The van der Waals surface area contributed by atoms with Crippen LogP contribution < -0.4 is 5.32 Å². The van der Waals surface area contributed by atoms with E-state index in [0.29, 0.717) is 5.82 Å². The van der Waals surface area contributed by atoms with Crippen LogP contribution in [0.5, 0.6) is 0 Å². The zero-order valence-corrected chi connectivity index (χ0v) is 9.59. The van der Waals surface area contributed by atoms with Gasteiger partial charge in [0, 0.05) is 10.8 Å². The van der Waals surface area contributed by atoms with Crippen molar-refractivity contribution >= 4 is 16.6 Å². The number of aliphatic hydroxyl groups is 2. The van der Waals surface area contributed by atoms with Crippen molar-refractivity contribution in [2.24, 2.45) is 0 Å². The van der Waals surface area contributed by atoms with E-state index in [1.165, 1.54) is 0 Å². The molecule has 0 aliphatic rings. The highest BCUT2D eigenvalue weighted by atomic mass is 16.3. The molecule has 0 saturated heterocycles. The number of hydrogen-bond acceptors (Lipinski definition) is 5. The van der Waals surface area contributed by atoms with Crippen molar-refractivity contribution in [1.29, 1.82) is 0 Å². The fourth-order valence-corrected chi connectivity index (χ4v) is 1.69. The Labute approximate surface area is 99.1 Å². The van der Waals surface area contributed by atoms with Crippen LogP contribution in [0.3, 0.4) is 0 Å². The first-order valence-corrected chi connectivity index (χ1v) is 5.46. The van der Waals surface area contributed by atoms with Crippen molar-refractivity contribution in [1.82, 2.24) is 10.2 Å². The molecule has 5 heteroatoms. The molecule has 90 valence electrons. The molecule has 3 N–H and O–H groups in total. The molecule has 0 fully saturated rings. The molecule has 2 rings (SSSR count). The number of hydrogen-bond donors (Lipinski definition) is 3. The number of aryl methyl sites for hydroxylation is 1. The third-order valence-electron chi connectivity index (χ3n) is 2.65. The van der Waals surface area contributed by atoms with Gasteiger partial charge in [-0.05, 0) is 6.92 Å². The predicted molar refractivity (Wildman–Crippen MR) is 65.9 cm³/mol. The second-order valence-electron chi connectivity index (χ2n) is 3.89. The number of rotatable bonds is 4. The van der Waals surface area contributed by atoms with E-state index >= 15 is 0 Å². The second kappa shape index (κ2) is 5.07. The Bertz CT molecular complexity index is 512. The van der Waals surface area contributed by atoms with Crippen molar-refractivity contribution in [3.63, 3.8) is 0 Å². The molecule has 2 aromatic rings. The number of fused-ring (bicyclic) bond motifs is 1. The summed E-state index contributed by atoms with van der Waals surface area (Å²) in [4.78, 5) is 0. The molecule has 1 aromatic carbocycles. The van der Waals surface area contributed by atoms with Crippen molar-refractivity contribution in [2.45, 2.75) is 13.0 Å². The highest BCUT2D eigenvalue weighted by molar-refractivity contribution is 5.92. The van der Waals surface area contributed by atoms with E-state index in [1.54, 1.807) is 0 Å². The monoisotopic (exact) mass is 233 g/mol. The Balaban J connectivity index is 2.44. The van der Waals surface area contributed by atoms with Crippen molar-refractivity contribution < 1.29 is 10.2 Å². The number of anilines is 1. The molecule has 0 saturated carbocycles. The number of aliphatic hydroxyl groups excluding tert-OH is 2. The largest absolute Gasteiger partial charge is 0.394 e. The number of aromatic nitrogens is 2. The van der Waals surface area contributed by atoms with E-state index in [9.17, 15) is 0 Å². The summed E-state index contributed by atoms with van der Waals surface area (Å²) in [5.41, 5.74) is 0.857. The first-order chi connectivity index (χ1) is 8.26. The minimum Gasteiger partial charge on any atom is -0.394 e. The Kier molecular flexibility index (Phi) is 3.51. The van der Waals surface area contributed by atoms with Gasteiger partial charge >= 0.3 is 0 Å². The summed E-state index contributed by atoms with van der Waals surface area (Å²) >= 11 is 0. The lowest BCUT2D eigenvalue weighted by molar-refractivity contribution is 0.203. The van der Waals surface area contributed by atoms with Crippen LogP contribution in [-0.2, 0) is 0 Å². The summed E-state index contributed by atoms with van der Waals surface area (Å²) in [7, 11) is 0. The SMILES string of the molecule is Cc1nnc(NC(CO)CO)c2ccccc12. The Morgan fingerprint density at radius 1 is 1.12 bits per heavy atom. The van der Waals surface area contributed by atoms with Gasteiger partial charge in [0.2, 0.25) is 0 Å². The number of nitrogens with zero attached hydrogens (tertiary/aromatic N) is 2. The van der Waals surface area contributed by atoms with Gasteiger partial charge in [0.1, 0.15) is 0 Å². The highest BCUT2D eigenvalue weighted by Gasteiger charge is 2.10. The molecule has 0 unspecified atom stereocenters. The van der Waals surface area contributed by atoms with Crippen LogP contribution in [0.2, 0.25) is 0 Å². The molecular formula is C12H15N3O2. The first kappa shape index (κ1) is 11.8. The summed E-state index contributed by atoms with van der Waals surface area (Å²) in [6.07, 6.45) is 0. The van der Waals surface area contributed by atoms with Crippen molar-refractivity contribution in [3.8, 4) is 0 Å². The average molecular weight is 233 g/mol. The molecule has 0 atom stereocenters. The van der Waals surface area contributed by atoms with Crippen LogP contribution in [0.15, 0.2) is 24.3 Å². The van der Waals surface area contributed by atoms with E-state index in [4.69, 9.17) is 10.2 Å². The molecule has 0 bridgehead atoms. The standard InChI is InChI=1S/C12H15N3O2/c1-8-10-4-2-3-5-11(10)12(15-14-8)13-9(6-16)7-17/h2-5,9,16-17H,6-7H2,1H3,(H,13,15). The summed E-state index contributed by atoms with van der Waals surface area (Å²) in [5.74, 6) is 0.583. The van der Waals surface area contributed by atoms with Crippen molar-refractivity contribution in [3.05, 3.63) is 30.0 Å². The van der Waals surface area contributed by atoms with Gasteiger partial charge in [-0.15, -0.1) is 5.10 Å². The van der Waals surface area contributed by atoms with Gasteiger partial charge < -0.3 is 15.5 Å². The van der Waals surface area contributed by atoms with Crippen LogP contribution in [-0.4, -0.2) is 39.7 Å². The van der Waals surface area contributed by atoms with Crippen LogP contribution in [0.4, 0.5) is 5.82 Å².